The normalized spacial score (nSPS) is 11.9. The summed E-state index contributed by atoms with van der Waals surface area (Å²) in [7, 11) is -3.60. The van der Waals surface area contributed by atoms with Crippen LogP contribution in [0.25, 0.3) is 11.1 Å². The third-order valence-corrected chi connectivity index (χ3v) is 5.60. The Bertz CT molecular complexity index is 763. The molecule has 2 rings (SSSR count). The van der Waals surface area contributed by atoms with Gasteiger partial charge in [-0.25, -0.2) is 17.2 Å². The standard InChI is InChI=1S/C18H21F2NO2S/c1-3-12-21(13-4-2)24(22,23)15-10-8-14(9-11-15)18-16(19)6-5-7-17(18)20/h5-11H,3-4,12-13H2,1-2H3. The molecule has 0 radical (unpaired) electrons. The minimum atomic E-state index is -3.60. The summed E-state index contributed by atoms with van der Waals surface area (Å²) < 4.78 is 54.4. The van der Waals surface area contributed by atoms with Gasteiger partial charge in [0.1, 0.15) is 11.6 Å². The molecule has 0 saturated carbocycles. The van der Waals surface area contributed by atoms with Gasteiger partial charge in [-0.3, -0.25) is 0 Å². The molecule has 0 spiro atoms. The van der Waals surface area contributed by atoms with E-state index in [4.69, 9.17) is 0 Å². The molecule has 0 aliphatic carbocycles. The molecular weight excluding hydrogens is 332 g/mol. The lowest BCUT2D eigenvalue weighted by atomic mass is 10.0. The van der Waals surface area contributed by atoms with Gasteiger partial charge in [-0.2, -0.15) is 4.31 Å². The number of sulfonamides is 1. The van der Waals surface area contributed by atoms with Gasteiger partial charge in [-0.05, 0) is 42.7 Å². The van der Waals surface area contributed by atoms with Crippen molar-refractivity contribution in [2.75, 3.05) is 13.1 Å². The molecule has 130 valence electrons. The van der Waals surface area contributed by atoms with Crippen molar-refractivity contribution in [2.24, 2.45) is 0 Å². The monoisotopic (exact) mass is 353 g/mol. The molecule has 0 atom stereocenters. The van der Waals surface area contributed by atoms with Gasteiger partial charge in [0.2, 0.25) is 10.0 Å². The summed E-state index contributed by atoms with van der Waals surface area (Å²) in [5.74, 6) is -1.35. The molecular formula is C18H21F2NO2S. The fourth-order valence-corrected chi connectivity index (χ4v) is 4.19. The van der Waals surface area contributed by atoms with E-state index in [1.807, 2.05) is 13.8 Å². The van der Waals surface area contributed by atoms with Crippen LogP contribution in [-0.4, -0.2) is 25.8 Å². The highest BCUT2D eigenvalue weighted by molar-refractivity contribution is 7.89. The van der Waals surface area contributed by atoms with E-state index in [0.29, 0.717) is 18.7 Å². The first kappa shape index (κ1) is 18.5. The Hall–Kier alpha value is -1.79. The van der Waals surface area contributed by atoms with Crippen molar-refractivity contribution in [2.45, 2.75) is 31.6 Å². The smallest absolute Gasteiger partial charge is 0.207 e. The summed E-state index contributed by atoms with van der Waals surface area (Å²) in [5, 5.41) is 0. The second kappa shape index (κ2) is 7.85. The van der Waals surface area contributed by atoms with Gasteiger partial charge in [0.05, 0.1) is 10.5 Å². The van der Waals surface area contributed by atoms with E-state index in [2.05, 4.69) is 0 Å². The Morgan fingerprint density at radius 1 is 0.875 bits per heavy atom. The second-order valence-corrected chi connectivity index (χ2v) is 7.46. The van der Waals surface area contributed by atoms with Crippen molar-refractivity contribution >= 4 is 10.0 Å². The number of hydrogen-bond acceptors (Lipinski definition) is 2. The molecule has 2 aromatic carbocycles. The Labute approximate surface area is 142 Å². The lowest BCUT2D eigenvalue weighted by Gasteiger charge is -2.21. The van der Waals surface area contributed by atoms with Gasteiger partial charge in [0.15, 0.2) is 0 Å². The summed E-state index contributed by atoms with van der Waals surface area (Å²) in [6.45, 7) is 4.73. The van der Waals surface area contributed by atoms with Crippen LogP contribution in [0.1, 0.15) is 26.7 Å². The Morgan fingerprint density at radius 2 is 1.38 bits per heavy atom. The quantitative estimate of drug-likeness (QED) is 0.738. The highest BCUT2D eigenvalue weighted by Gasteiger charge is 2.23. The average Bonchev–Trinajstić information content (AvgIpc) is 2.55. The minimum absolute atomic E-state index is 0.130. The molecule has 0 fully saturated rings. The topological polar surface area (TPSA) is 37.4 Å². The van der Waals surface area contributed by atoms with Crippen LogP contribution in [0.2, 0.25) is 0 Å². The molecule has 2 aromatic rings. The Balaban J connectivity index is 2.38. The summed E-state index contributed by atoms with van der Waals surface area (Å²) >= 11 is 0. The molecule has 0 N–H and O–H groups in total. The zero-order chi connectivity index (χ0) is 17.7. The van der Waals surface area contributed by atoms with Crippen LogP contribution in [0.5, 0.6) is 0 Å². The zero-order valence-corrected chi connectivity index (χ0v) is 14.6. The first-order valence-electron chi connectivity index (χ1n) is 7.96. The van der Waals surface area contributed by atoms with Crippen LogP contribution in [0.15, 0.2) is 47.4 Å². The predicted octanol–water partition coefficient (Wildman–Crippen LogP) is 4.44. The third-order valence-electron chi connectivity index (χ3n) is 3.69. The van der Waals surface area contributed by atoms with Crippen molar-refractivity contribution in [1.29, 1.82) is 0 Å². The van der Waals surface area contributed by atoms with E-state index in [0.717, 1.165) is 12.8 Å². The molecule has 0 bridgehead atoms. The molecule has 0 aromatic heterocycles. The van der Waals surface area contributed by atoms with E-state index in [1.54, 1.807) is 0 Å². The second-order valence-electron chi connectivity index (χ2n) is 5.53. The van der Waals surface area contributed by atoms with E-state index in [1.165, 1.54) is 46.8 Å². The lowest BCUT2D eigenvalue weighted by molar-refractivity contribution is 0.410. The van der Waals surface area contributed by atoms with Crippen molar-refractivity contribution in [3.05, 3.63) is 54.1 Å². The van der Waals surface area contributed by atoms with Crippen molar-refractivity contribution in [3.63, 3.8) is 0 Å². The van der Waals surface area contributed by atoms with Gasteiger partial charge in [-0.15, -0.1) is 0 Å². The number of hydrogen-bond donors (Lipinski definition) is 0. The van der Waals surface area contributed by atoms with Gasteiger partial charge in [0, 0.05) is 13.1 Å². The molecule has 0 heterocycles. The average molecular weight is 353 g/mol. The van der Waals surface area contributed by atoms with Crippen LogP contribution < -0.4 is 0 Å². The molecule has 0 aliphatic rings. The SMILES string of the molecule is CCCN(CCC)S(=O)(=O)c1ccc(-c2c(F)cccc2F)cc1. The highest BCUT2D eigenvalue weighted by Crippen LogP contribution is 2.27. The number of nitrogens with zero attached hydrogens (tertiary/aromatic N) is 1. The van der Waals surface area contributed by atoms with Crippen molar-refractivity contribution in [3.8, 4) is 11.1 Å². The van der Waals surface area contributed by atoms with Crippen LogP contribution in [0, 0.1) is 11.6 Å². The maximum atomic E-state index is 13.8. The zero-order valence-electron chi connectivity index (χ0n) is 13.8. The summed E-state index contributed by atoms with van der Waals surface area (Å²) in [6, 6.07) is 9.31. The number of halogens is 2. The van der Waals surface area contributed by atoms with E-state index in [9.17, 15) is 17.2 Å². The van der Waals surface area contributed by atoms with E-state index in [-0.39, 0.29) is 10.5 Å². The summed E-state index contributed by atoms with van der Waals surface area (Å²) in [4.78, 5) is 0.130. The molecule has 0 aliphatic heterocycles. The van der Waals surface area contributed by atoms with Crippen LogP contribution >= 0.6 is 0 Å². The van der Waals surface area contributed by atoms with Gasteiger partial charge in [0.25, 0.3) is 0 Å². The predicted molar refractivity (Wildman–Crippen MR) is 91.1 cm³/mol. The van der Waals surface area contributed by atoms with Crippen LogP contribution in [-0.2, 0) is 10.0 Å². The maximum absolute atomic E-state index is 13.8. The number of benzene rings is 2. The Morgan fingerprint density at radius 3 is 1.83 bits per heavy atom. The first-order chi connectivity index (χ1) is 11.4. The molecule has 0 amide bonds. The lowest BCUT2D eigenvalue weighted by Crippen LogP contribution is -2.32. The number of rotatable bonds is 7. The van der Waals surface area contributed by atoms with Gasteiger partial charge >= 0.3 is 0 Å². The van der Waals surface area contributed by atoms with Crippen molar-refractivity contribution in [1.82, 2.24) is 4.31 Å². The molecule has 3 nitrogen and oxygen atoms in total. The van der Waals surface area contributed by atoms with Crippen LogP contribution in [0.4, 0.5) is 8.78 Å². The third kappa shape index (κ3) is 3.82. The fraction of sp³-hybridized carbons (Fsp3) is 0.333. The largest absolute Gasteiger partial charge is 0.243 e. The highest BCUT2D eigenvalue weighted by atomic mass is 32.2. The fourth-order valence-electron chi connectivity index (χ4n) is 2.57. The van der Waals surface area contributed by atoms with Gasteiger partial charge in [-0.1, -0.05) is 32.0 Å². The maximum Gasteiger partial charge on any atom is 0.243 e. The first-order valence-corrected chi connectivity index (χ1v) is 9.40. The minimum Gasteiger partial charge on any atom is -0.207 e. The van der Waals surface area contributed by atoms with Gasteiger partial charge < -0.3 is 0 Å². The molecule has 0 saturated heterocycles. The summed E-state index contributed by atoms with van der Waals surface area (Å²) in [5.41, 5.74) is 0.155. The van der Waals surface area contributed by atoms with Crippen molar-refractivity contribution < 1.29 is 17.2 Å². The Kier molecular flexibility index (Phi) is 6.07. The van der Waals surface area contributed by atoms with E-state index >= 15 is 0 Å². The molecule has 24 heavy (non-hydrogen) atoms. The molecule has 0 unspecified atom stereocenters. The summed E-state index contributed by atoms with van der Waals surface area (Å²) in [6.07, 6.45) is 1.44. The molecule has 6 heteroatoms. The van der Waals surface area contributed by atoms with Crippen LogP contribution in [0.3, 0.4) is 0 Å². The van der Waals surface area contributed by atoms with E-state index < -0.39 is 21.7 Å².